The minimum absolute atomic E-state index is 0.618. The normalized spacial score (nSPS) is 10.1. The number of nitrogens with one attached hydrogen (secondary N) is 1. The maximum Gasteiger partial charge on any atom is 0.169 e. The lowest BCUT2D eigenvalue weighted by Crippen LogP contribution is -2.04. The zero-order chi connectivity index (χ0) is 12.8. The lowest BCUT2D eigenvalue weighted by atomic mass is 10.2. The van der Waals surface area contributed by atoms with Crippen molar-refractivity contribution in [2.24, 2.45) is 0 Å². The van der Waals surface area contributed by atoms with Crippen LogP contribution in [0.1, 0.15) is 12.5 Å². The third-order valence-electron chi connectivity index (χ3n) is 2.47. The van der Waals surface area contributed by atoms with Crippen LogP contribution < -0.4 is 10.1 Å². The molecule has 0 unspecified atom stereocenters. The Morgan fingerprint density at radius 3 is 2.83 bits per heavy atom. The van der Waals surface area contributed by atoms with Crippen molar-refractivity contribution in [1.82, 2.24) is 4.98 Å². The van der Waals surface area contributed by atoms with E-state index in [0.717, 1.165) is 22.2 Å². The molecule has 1 aromatic carbocycles. The highest BCUT2D eigenvalue weighted by Crippen LogP contribution is 2.22. The fourth-order valence-corrected chi connectivity index (χ4v) is 1.82. The van der Waals surface area contributed by atoms with E-state index in [2.05, 4.69) is 10.3 Å². The van der Waals surface area contributed by atoms with E-state index in [1.807, 2.05) is 43.3 Å². The molecule has 0 amide bonds. The van der Waals surface area contributed by atoms with Crippen LogP contribution in [0.2, 0.25) is 5.02 Å². The zero-order valence-electron chi connectivity index (χ0n) is 10.2. The van der Waals surface area contributed by atoms with Crippen LogP contribution in [0.4, 0.5) is 5.82 Å². The first kappa shape index (κ1) is 12.7. The smallest absolute Gasteiger partial charge is 0.169 e. The SMILES string of the molecule is CCOc1cccnc1NCc1ccccc1Cl. The topological polar surface area (TPSA) is 34.1 Å². The average Bonchev–Trinajstić information content (AvgIpc) is 2.40. The van der Waals surface area contributed by atoms with Crippen LogP contribution in [-0.2, 0) is 6.54 Å². The van der Waals surface area contributed by atoms with Gasteiger partial charge in [-0.15, -0.1) is 0 Å². The van der Waals surface area contributed by atoms with Crippen molar-refractivity contribution in [2.45, 2.75) is 13.5 Å². The number of nitrogens with zero attached hydrogens (tertiary/aromatic N) is 1. The summed E-state index contributed by atoms with van der Waals surface area (Å²) in [5.74, 6) is 1.49. The number of rotatable bonds is 5. The maximum absolute atomic E-state index is 6.10. The van der Waals surface area contributed by atoms with Crippen LogP contribution in [0.25, 0.3) is 0 Å². The van der Waals surface area contributed by atoms with Gasteiger partial charge < -0.3 is 10.1 Å². The van der Waals surface area contributed by atoms with E-state index in [1.54, 1.807) is 6.20 Å². The molecule has 3 nitrogen and oxygen atoms in total. The van der Waals surface area contributed by atoms with Crippen LogP contribution in [0, 0.1) is 0 Å². The first-order valence-electron chi connectivity index (χ1n) is 5.86. The van der Waals surface area contributed by atoms with Crippen molar-refractivity contribution in [2.75, 3.05) is 11.9 Å². The van der Waals surface area contributed by atoms with E-state index in [4.69, 9.17) is 16.3 Å². The highest BCUT2D eigenvalue weighted by atomic mass is 35.5. The number of ether oxygens (including phenoxy) is 1. The number of hydrogen-bond acceptors (Lipinski definition) is 3. The van der Waals surface area contributed by atoms with E-state index in [-0.39, 0.29) is 0 Å². The fraction of sp³-hybridized carbons (Fsp3) is 0.214. The van der Waals surface area contributed by atoms with Crippen molar-refractivity contribution >= 4 is 17.4 Å². The Morgan fingerprint density at radius 1 is 1.22 bits per heavy atom. The minimum atomic E-state index is 0.618. The number of anilines is 1. The van der Waals surface area contributed by atoms with Gasteiger partial charge in [0.2, 0.25) is 0 Å². The lowest BCUT2D eigenvalue weighted by Gasteiger charge is -2.11. The standard InChI is InChI=1S/C14H15ClN2O/c1-2-18-13-8-5-9-16-14(13)17-10-11-6-3-4-7-12(11)15/h3-9H,2,10H2,1H3,(H,16,17). The monoisotopic (exact) mass is 262 g/mol. The van der Waals surface area contributed by atoms with Gasteiger partial charge in [0.25, 0.3) is 0 Å². The number of pyridine rings is 1. The zero-order valence-corrected chi connectivity index (χ0v) is 10.9. The number of benzene rings is 1. The highest BCUT2D eigenvalue weighted by Gasteiger charge is 2.04. The van der Waals surface area contributed by atoms with Crippen LogP contribution in [0.15, 0.2) is 42.6 Å². The quantitative estimate of drug-likeness (QED) is 0.891. The fourth-order valence-electron chi connectivity index (χ4n) is 1.62. The van der Waals surface area contributed by atoms with Gasteiger partial charge in [0, 0.05) is 17.8 Å². The Kier molecular flexibility index (Phi) is 4.42. The molecule has 2 rings (SSSR count). The van der Waals surface area contributed by atoms with E-state index in [1.165, 1.54) is 0 Å². The molecule has 1 N–H and O–H groups in total. The van der Waals surface area contributed by atoms with Gasteiger partial charge in [-0.2, -0.15) is 0 Å². The number of aromatic nitrogens is 1. The second-order valence-electron chi connectivity index (χ2n) is 3.73. The van der Waals surface area contributed by atoms with Gasteiger partial charge in [0.15, 0.2) is 11.6 Å². The Labute approximate surface area is 112 Å². The Bertz CT molecular complexity index is 517. The van der Waals surface area contributed by atoms with Gasteiger partial charge in [-0.25, -0.2) is 4.98 Å². The maximum atomic E-state index is 6.10. The van der Waals surface area contributed by atoms with Crippen molar-refractivity contribution in [3.63, 3.8) is 0 Å². The molecule has 0 saturated carbocycles. The first-order chi connectivity index (χ1) is 8.81. The third kappa shape index (κ3) is 3.14. The van der Waals surface area contributed by atoms with Gasteiger partial charge in [0.1, 0.15) is 0 Å². The Hall–Kier alpha value is -1.74. The number of hydrogen-bond donors (Lipinski definition) is 1. The molecule has 18 heavy (non-hydrogen) atoms. The summed E-state index contributed by atoms with van der Waals surface area (Å²) in [5, 5.41) is 3.98. The summed E-state index contributed by atoms with van der Waals surface area (Å²) >= 11 is 6.10. The van der Waals surface area contributed by atoms with Gasteiger partial charge in [-0.1, -0.05) is 29.8 Å². The minimum Gasteiger partial charge on any atom is -0.490 e. The lowest BCUT2D eigenvalue weighted by molar-refractivity contribution is 0.340. The molecule has 0 aliphatic heterocycles. The molecule has 1 aromatic heterocycles. The molecule has 1 heterocycles. The number of halogens is 1. The summed E-state index contributed by atoms with van der Waals surface area (Å²) in [6.45, 7) is 3.19. The molecule has 0 aliphatic carbocycles. The summed E-state index contributed by atoms with van der Waals surface area (Å²) in [6.07, 6.45) is 1.73. The molecular weight excluding hydrogens is 248 g/mol. The summed E-state index contributed by atoms with van der Waals surface area (Å²) in [7, 11) is 0. The molecule has 4 heteroatoms. The van der Waals surface area contributed by atoms with Gasteiger partial charge in [-0.3, -0.25) is 0 Å². The van der Waals surface area contributed by atoms with Crippen LogP contribution in [0.5, 0.6) is 5.75 Å². The second kappa shape index (κ2) is 6.26. The van der Waals surface area contributed by atoms with Crippen LogP contribution >= 0.6 is 11.6 Å². The van der Waals surface area contributed by atoms with E-state index >= 15 is 0 Å². The van der Waals surface area contributed by atoms with Gasteiger partial charge >= 0.3 is 0 Å². The van der Waals surface area contributed by atoms with Crippen molar-refractivity contribution in [1.29, 1.82) is 0 Å². The predicted molar refractivity (Wildman–Crippen MR) is 74.2 cm³/mol. The Morgan fingerprint density at radius 2 is 2.06 bits per heavy atom. The summed E-state index contributed by atoms with van der Waals surface area (Å²) in [4.78, 5) is 4.26. The third-order valence-corrected chi connectivity index (χ3v) is 2.84. The molecule has 0 atom stereocenters. The van der Waals surface area contributed by atoms with Crippen molar-refractivity contribution in [3.8, 4) is 5.75 Å². The summed E-state index contributed by atoms with van der Waals surface area (Å²) in [6, 6.07) is 11.5. The Balaban J connectivity index is 2.08. The molecular formula is C14H15ClN2O. The van der Waals surface area contributed by atoms with Crippen LogP contribution in [0.3, 0.4) is 0 Å². The first-order valence-corrected chi connectivity index (χ1v) is 6.24. The van der Waals surface area contributed by atoms with Gasteiger partial charge in [0.05, 0.1) is 6.61 Å². The predicted octanol–water partition coefficient (Wildman–Crippen LogP) is 3.75. The molecule has 0 aliphatic rings. The molecule has 2 aromatic rings. The summed E-state index contributed by atoms with van der Waals surface area (Å²) in [5.41, 5.74) is 1.03. The highest BCUT2D eigenvalue weighted by molar-refractivity contribution is 6.31. The van der Waals surface area contributed by atoms with Crippen LogP contribution in [-0.4, -0.2) is 11.6 Å². The average molecular weight is 263 g/mol. The van der Waals surface area contributed by atoms with E-state index in [9.17, 15) is 0 Å². The molecule has 0 saturated heterocycles. The molecule has 94 valence electrons. The summed E-state index contributed by atoms with van der Waals surface area (Å²) < 4.78 is 5.50. The van der Waals surface area contributed by atoms with Crippen molar-refractivity contribution < 1.29 is 4.74 Å². The molecule has 0 bridgehead atoms. The molecule has 0 spiro atoms. The largest absolute Gasteiger partial charge is 0.490 e. The van der Waals surface area contributed by atoms with Crippen molar-refractivity contribution in [3.05, 3.63) is 53.2 Å². The van der Waals surface area contributed by atoms with E-state index in [0.29, 0.717) is 13.2 Å². The second-order valence-corrected chi connectivity index (χ2v) is 4.14. The van der Waals surface area contributed by atoms with Gasteiger partial charge in [-0.05, 0) is 30.7 Å². The molecule has 0 radical (unpaired) electrons. The molecule has 0 fully saturated rings. The van der Waals surface area contributed by atoms with E-state index < -0.39 is 0 Å².